The van der Waals surface area contributed by atoms with E-state index in [0.717, 1.165) is 12.7 Å². The number of nitrogens with two attached hydrogens (primary N) is 1. The molecule has 0 radical (unpaired) electrons. The van der Waals surface area contributed by atoms with Crippen molar-refractivity contribution in [3.05, 3.63) is 0 Å². The van der Waals surface area contributed by atoms with Gasteiger partial charge >= 0.3 is 0 Å². The van der Waals surface area contributed by atoms with Crippen LogP contribution in [0.4, 0.5) is 0 Å². The van der Waals surface area contributed by atoms with Gasteiger partial charge in [0, 0.05) is 20.6 Å². The standard InChI is InChI=1S/C12H24N2O3/c1-5-9(2)12(10(17-4)6-7-15)14(3)11(16)8-13/h7,9-10,12H,5-6,8,13H2,1-4H3. The van der Waals surface area contributed by atoms with Crippen LogP contribution >= 0.6 is 0 Å². The minimum atomic E-state index is -0.275. The maximum absolute atomic E-state index is 11.7. The lowest BCUT2D eigenvalue weighted by atomic mass is 9.91. The molecule has 0 aromatic carbocycles. The molecule has 3 unspecified atom stereocenters. The van der Waals surface area contributed by atoms with Gasteiger partial charge < -0.3 is 20.2 Å². The maximum Gasteiger partial charge on any atom is 0.236 e. The van der Waals surface area contributed by atoms with Crippen molar-refractivity contribution >= 4 is 12.2 Å². The van der Waals surface area contributed by atoms with Crippen LogP contribution in [0.1, 0.15) is 26.7 Å². The highest BCUT2D eigenvalue weighted by atomic mass is 16.5. The fraction of sp³-hybridized carbons (Fsp3) is 0.833. The van der Waals surface area contributed by atoms with Crippen molar-refractivity contribution in [3.63, 3.8) is 0 Å². The zero-order valence-corrected chi connectivity index (χ0v) is 11.2. The predicted octanol–water partition coefficient (Wildman–Crippen LogP) is 0.422. The van der Waals surface area contributed by atoms with E-state index in [0.29, 0.717) is 0 Å². The zero-order chi connectivity index (χ0) is 13.4. The number of carbonyl (C=O) groups is 2. The first-order chi connectivity index (χ1) is 8.03. The smallest absolute Gasteiger partial charge is 0.236 e. The molecule has 3 atom stereocenters. The number of aldehydes is 1. The number of likely N-dealkylation sites (N-methyl/N-ethyl adjacent to an activating group) is 1. The minimum absolute atomic E-state index is 0.0268. The largest absolute Gasteiger partial charge is 0.379 e. The molecule has 0 aliphatic heterocycles. The van der Waals surface area contributed by atoms with E-state index >= 15 is 0 Å². The average molecular weight is 244 g/mol. The first-order valence-electron chi connectivity index (χ1n) is 5.95. The Hall–Kier alpha value is -0.940. The molecule has 0 spiro atoms. The Morgan fingerprint density at radius 2 is 2.12 bits per heavy atom. The van der Waals surface area contributed by atoms with Gasteiger partial charge in [-0.3, -0.25) is 4.79 Å². The van der Waals surface area contributed by atoms with E-state index in [-0.39, 0.29) is 36.9 Å². The fourth-order valence-electron chi connectivity index (χ4n) is 2.02. The van der Waals surface area contributed by atoms with Gasteiger partial charge in [0.05, 0.1) is 18.7 Å². The second-order valence-corrected chi connectivity index (χ2v) is 4.26. The molecule has 100 valence electrons. The molecule has 0 aliphatic carbocycles. The SMILES string of the molecule is CCC(C)C(C(CC=O)OC)N(C)C(=O)CN. The molecule has 17 heavy (non-hydrogen) atoms. The highest BCUT2D eigenvalue weighted by Gasteiger charge is 2.31. The quantitative estimate of drug-likeness (QED) is 0.628. The third-order valence-electron chi connectivity index (χ3n) is 3.25. The van der Waals surface area contributed by atoms with Crippen molar-refractivity contribution in [1.82, 2.24) is 4.90 Å². The third-order valence-corrected chi connectivity index (χ3v) is 3.25. The molecule has 1 amide bonds. The molecule has 0 aliphatic rings. The van der Waals surface area contributed by atoms with Gasteiger partial charge in [0.2, 0.25) is 5.91 Å². The van der Waals surface area contributed by atoms with Crippen LogP contribution in [0.15, 0.2) is 0 Å². The second-order valence-electron chi connectivity index (χ2n) is 4.26. The summed E-state index contributed by atoms with van der Waals surface area (Å²) in [6, 6.07) is -0.119. The highest BCUT2D eigenvalue weighted by molar-refractivity contribution is 5.78. The Morgan fingerprint density at radius 3 is 2.47 bits per heavy atom. The van der Waals surface area contributed by atoms with Crippen molar-refractivity contribution in [2.45, 2.75) is 38.8 Å². The van der Waals surface area contributed by atoms with Gasteiger partial charge in [-0.05, 0) is 5.92 Å². The molecule has 0 saturated heterocycles. The summed E-state index contributed by atoms with van der Waals surface area (Å²) in [7, 11) is 3.27. The van der Waals surface area contributed by atoms with Gasteiger partial charge in [-0.1, -0.05) is 20.3 Å². The van der Waals surface area contributed by atoms with Crippen LogP contribution in [0.2, 0.25) is 0 Å². The van der Waals surface area contributed by atoms with Crippen molar-refractivity contribution in [2.75, 3.05) is 20.7 Å². The van der Waals surface area contributed by atoms with E-state index in [2.05, 4.69) is 0 Å². The Kier molecular flexibility index (Phi) is 7.74. The second kappa shape index (κ2) is 8.20. The van der Waals surface area contributed by atoms with Gasteiger partial charge in [-0.15, -0.1) is 0 Å². The van der Waals surface area contributed by atoms with Crippen molar-refractivity contribution in [2.24, 2.45) is 11.7 Å². The Bertz CT molecular complexity index is 246. The summed E-state index contributed by atoms with van der Waals surface area (Å²) in [5.74, 6) is 0.114. The summed E-state index contributed by atoms with van der Waals surface area (Å²) in [5.41, 5.74) is 5.37. The number of nitrogens with zero attached hydrogens (tertiary/aromatic N) is 1. The van der Waals surface area contributed by atoms with Gasteiger partial charge in [0.15, 0.2) is 0 Å². The van der Waals surface area contributed by atoms with Crippen molar-refractivity contribution in [3.8, 4) is 0 Å². The van der Waals surface area contributed by atoms with Crippen LogP contribution in [0.25, 0.3) is 0 Å². The van der Waals surface area contributed by atoms with E-state index in [1.165, 1.54) is 0 Å². The van der Waals surface area contributed by atoms with Gasteiger partial charge in [0.25, 0.3) is 0 Å². The molecule has 2 N–H and O–H groups in total. The van der Waals surface area contributed by atoms with Crippen LogP contribution in [-0.2, 0) is 14.3 Å². The van der Waals surface area contributed by atoms with E-state index in [1.54, 1.807) is 19.1 Å². The molecular weight excluding hydrogens is 220 g/mol. The normalized spacial score (nSPS) is 16.1. The molecule has 0 heterocycles. The minimum Gasteiger partial charge on any atom is -0.379 e. The van der Waals surface area contributed by atoms with E-state index in [1.807, 2.05) is 13.8 Å². The summed E-state index contributed by atoms with van der Waals surface area (Å²) in [4.78, 5) is 23.9. The topological polar surface area (TPSA) is 72.6 Å². The number of amides is 1. The monoisotopic (exact) mass is 244 g/mol. The Labute approximate surface area is 103 Å². The molecule has 0 rings (SSSR count). The summed E-state index contributed by atoms with van der Waals surface area (Å²) in [5, 5.41) is 0. The Balaban J connectivity index is 4.95. The molecular formula is C12H24N2O3. The van der Waals surface area contributed by atoms with Crippen molar-refractivity contribution in [1.29, 1.82) is 0 Å². The summed E-state index contributed by atoms with van der Waals surface area (Å²) in [6.45, 7) is 4.06. The lowest BCUT2D eigenvalue weighted by Gasteiger charge is -2.37. The molecule has 0 aromatic rings. The lowest BCUT2D eigenvalue weighted by molar-refractivity contribution is -0.136. The van der Waals surface area contributed by atoms with Crippen LogP contribution in [-0.4, -0.2) is 49.9 Å². The van der Waals surface area contributed by atoms with E-state index in [9.17, 15) is 9.59 Å². The zero-order valence-electron chi connectivity index (χ0n) is 11.2. The number of hydrogen-bond donors (Lipinski definition) is 1. The van der Waals surface area contributed by atoms with E-state index in [4.69, 9.17) is 10.5 Å². The van der Waals surface area contributed by atoms with E-state index < -0.39 is 0 Å². The number of hydrogen-bond acceptors (Lipinski definition) is 4. The number of rotatable bonds is 8. The van der Waals surface area contributed by atoms with Crippen LogP contribution < -0.4 is 5.73 Å². The molecule has 0 saturated carbocycles. The Morgan fingerprint density at radius 1 is 1.53 bits per heavy atom. The number of methoxy groups -OCH3 is 1. The van der Waals surface area contributed by atoms with Gasteiger partial charge in [-0.2, -0.15) is 0 Å². The molecule has 0 bridgehead atoms. The van der Waals surface area contributed by atoms with Crippen molar-refractivity contribution < 1.29 is 14.3 Å². The first-order valence-corrected chi connectivity index (χ1v) is 5.95. The highest BCUT2D eigenvalue weighted by Crippen LogP contribution is 2.20. The number of ether oxygens (including phenoxy) is 1. The third kappa shape index (κ3) is 4.44. The van der Waals surface area contributed by atoms with Crippen LogP contribution in [0, 0.1) is 5.92 Å². The maximum atomic E-state index is 11.7. The first kappa shape index (κ1) is 16.1. The average Bonchev–Trinajstić information content (AvgIpc) is 2.36. The fourth-order valence-corrected chi connectivity index (χ4v) is 2.02. The van der Waals surface area contributed by atoms with Crippen LogP contribution in [0.5, 0.6) is 0 Å². The molecule has 5 heteroatoms. The molecule has 5 nitrogen and oxygen atoms in total. The summed E-state index contributed by atoms with van der Waals surface area (Å²) in [6.07, 6.45) is 1.74. The molecule has 0 fully saturated rings. The summed E-state index contributed by atoms with van der Waals surface area (Å²) < 4.78 is 5.33. The van der Waals surface area contributed by atoms with Gasteiger partial charge in [0.1, 0.15) is 6.29 Å². The van der Waals surface area contributed by atoms with Crippen LogP contribution in [0.3, 0.4) is 0 Å². The summed E-state index contributed by atoms with van der Waals surface area (Å²) >= 11 is 0. The van der Waals surface area contributed by atoms with Gasteiger partial charge in [-0.25, -0.2) is 0 Å². The number of carbonyl (C=O) groups excluding carboxylic acids is 2. The predicted molar refractivity (Wildman–Crippen MR) is 66.5 cm³/mol. The molecule has 0 aromatic heterocycles. The lowest BCUT2D eigenvalue weighted by Crippen LogP contribution is -2.50.